The summed E-state index contributed by atoms with van der Waals surface area (Å²) in [4.78, 5) is 2.64. The van der Waals surface area contributed by atoms with E-state index >= 15 is 0 Å². The van der Waals surface area contributed by atoms with Crippen LogP contribution in [0.5, 0.6) is 0 Å². The molecule has 0 amide bonds. The van der Waals surface area contributed by atoms with E-state index in [1.165, 1.54) is 26.5 Å². The van der Waals surface area contributed by atoms with Crippen molar-refractivity contribution >= 4 is 11.8 Å². The van der Waals surface area contributed by atoms with Crippen LogP contribution in [0, 0.1) is 13.8 Å². The molecule has 2 aromatic rings. The molecule has 112 valence electrons. The van der Waals surface area contributed by atoms with E-state index in [4.69, 9.17) is 0 Å². The van der Waals surface area contributed by atoms with Crippen molar-refractivity contribution < 1.29 is 0 Å². The average Bonchev–Trinajstić information content (AvgIpc) is 2.38. The molecule has 0 spiro atoms. The van der Waals surface area contributed by atoms with Gasteiger partial charge >= 0.3 is 0 Å². The Kier molecular flexibility index (Phi) is 5.13. The van der Waals surface area contributed by atoms with E-state index in [1.54, 1.807) is 0 Å². The minimum Gasteiger partial charge on any atom is -0.308 e. The van der Waals surface area contributed by atoms with Crippen LogP contribution in [0.1, 0.15) is 37.5 Å². The van der Waals surface area contributed by atoms with Crippen LogP contribution in [0.3, 0.4) is 0 Å². The Morgan fingerprint density at radius 1 is 0.952 bits per heavy atom. The van der Waals surface area contributed by atoms with Gasteiger partial charge in [0.25, 0.3) is 0 Å². The Balaban J connectivity index is 2.22. The molecule has 0 fully saturated rings. The normalized spacial score (nSPS) is 11.7. The highest BCUT2D eigenvalue weighted by Gasteiger charge is 2.11. The third-order valence-electron chi connectivity index (χ3n) is 3.24. The van der Waals surface area contributed by atoms with Crippen molar-refractivity contribution in [3.8, 4) is 0 Å². The molecule has 0 aliphatic carbocycles. The Hall–Kier alpha value is -1.25. The summed E-state index contributed by atoms with van der Waals surface area (Å²) in [5.41, 5.74) is 4.13. The van der Waals surface area contributed by atoms with Gasteiger partial charge in [-0.15, -0.1) is 0 Å². The zero-order valence-corrected chi connectivity index (χ0v) is 14.5. The molecular formula is C19H25NS. The fraction of sp³-hybridized carbons (Fsp3) is 0.368. The van der Waals surface area contributed by atoms with Crippen LogP contribution in [0.25, 0.3) is 0 Å². The van der Waals surface area contributed by atoms with Crippen LogP contribution in [-0.4, -0.2) is 5.54 Å². The fourth-order valence-electron chi connectivity index (χ4n) is 2.11. The molecule has 2 heteroatoms. The topological polar surface area (TPSA) is 12.0 Å². The minimum atomic E-state index is 0.134. The summed E-state index contributed by atoms with van der Waals surface area (Å²) in [6, 6.07) is 15.4. The lowest BCUT2D eigenvalue weighted by molar-refractivity contribution is 0.422. The van der Waals surface area contributed by atoms with Gasteiger partial charge in [-0.3, -0.25) is 0 Å². The number of benzene rings is 2. The van der Waals surface area contributed by atoms with Gasteiger partial charge in [-0.25, -0.2) is 0 Å². The van der Waals surface area contributed by atoms with E-state index in [1.807, 2.05) is 11.8 Å². The van der Waals surface area contributed by atoms with Crippen LogP contribution < -0.4 is 5.32 Å². The minimum absolute atomic E-state index is 0.134. The molecule has 0 saturated carbocycles. The van der Waals surface area contributed by atoms with Crippen molar-refractivity contribution in [2.45, 2.75) is 56.5 Å². The van der Waals surface area contributed by atoms with Crippen molar-refractivity contribution in [2.24, 2.45) is 0 Å². The third-order valence-corrected chi connectivity index (χ3v) is 4.35. The van der Waals surface area contributed by atoms with Crippen molar-refractivity contribution in [3.63, 3.8) is 0 Å². The van der Waals surface area contributed by atoms with E-state index in [0.29, 0.717) is 0 Å². The second-order valence-corrected chi connectivity index (χ2v) is 7.75. The maximum atomic E-state index is 3.59. The first-order valence-corrected chi connectivity index (χ1v) is 8.24. The Bertz CT molecular complexity index is 611. The number of aryl methyl sites for hydroxylation is 2. The summed E-state index contributed by atoms with van der Waals surface area (Å²) in [6.45, 7) is 11.8. The quantitative estimate of drug-likeness (QED) is 0.817. The number of rotatable bonds is 4. The molecule has 2 rings (SSSR count). The van der Waals surface area contributed by atoms with Crippen molar-refractivity contribution in [2.75, 3.05) is 0 Å². The van der Waals surface area contributed by atoms with Crippen LogP contribution in [0.15, 0.2) is 52.3 Å². The van der Waals surface area contributed by atoms with Crippen molar-refractivity contribution in [3.05, 3.63) is 59.2 Å². The maximum absolute atomic E-state index is 3.59. The van der Waals surface area contributed by atoms with Crippen LogP contribution in [-0.2, 0) is 6.54 Å². The van der Waals surface area contributed by atoms with Gasteiger partial charge in [-0.2, -0.15) is 0 Å². The van der Waals surface area contributed by atoms with Gasteiger partial charge in [0.15, 0.2) is 0 Å². The highest BCUT2D eigenvalue weighted by Crippen LogP contribution is 2.31. The number of hydrogen-bond acceptors (Lipinski definition) is 2. The Morgan fingerprint density at radius 2 is 1.67 bits per heavy atom. The maximum Gasteiger partial charge on any atom is 0.0221 e. The molecule has 21 heavy (non-hydrogen) atoms. The van der Waals surface area contributed by atoms with Gasteiger partial charge in [0.1, 0.15) is 0 Å². The van der Waals surface area contributed by atoms with Crippen molar-refractivity contribution in [1.29, 1.82) is 0 Å². The van der Waals surface area contributed by atoms with Gasteiger partial charge in [0.05, 0.1) is 0 Å². The molecule has 0 heterocycles. The fourth-order valence-corrected chi connectivity index (χ4v) is 3.16. The van der Waals surface area contributed by atoms with Crippen LogP contribution in [0.2, 0.25) is 0 Å². The first-order chi connectivity index (χ1) is 9.83. The number of hydrogen-bond donors (Lipinski definition) is 1. The zero-order chi connectivity index (χ0) is 15.5. The molecule has 0 saturated heterocycles. The van der Waals surface area contributed by atoms with Crippen LogP contribution in [0.4, 0.5) is 0 Å². The van der Waals surface area contributed by atoms with E-state index in [-0.39, 0.29) is 5.54 Å². The van der Waals surface area contributed by atoms with E-state index in [2.05, 4.69) is 82.4 Å². The van der Waals surface area contributed by atoms with Gasteiger partial charge in [-0.1, -0.05) is 47.2 Å². The Labute approximate surface area is 133 Å². The standard InChI is InChI=1S/C19H25NS/c1-14-7-6-8-17(12-14)21-18-10-9-15(2)11-16(18)13-20-19(3,4)5/h6-12,20H,13H2,1-5H3. The molecule has 0 radical (unpaired) electrons. The SMILES string of the molecule is Cc1cccc(Sc2ccc(C)cc2CNC(C)(C)C)c1. The second kappa shape index (κ2) is 6.67. The highest BCUT2D eigenvalue weighted by atomic mass is 32.2. The van der Waals surface area contributed by atoms with Crippen LogP contribution >= 0.6 is 11.8 Å². The summed E-state index contributed by atoms with van der Waals surface area (Å²) < 4.78 is 0. The summed E-state index contributed by atoms with van der Waals surface area (Å²) in [7, 11) is 0. The lowest BCUT2D eigenvalue weighted by Crippen LogP contribution is -2.35. The largest absolute Gasteiger partial charge is 0.308 e. The monoisotopic (exact) mass is 299 g/mol. The summed E-state index contributed by atoms with van der Waals surface area (Å²) in [5.74, 6) is 0. The van der Waals surface area contributed by atoms with Gasteiger partial charge in [0.2, 0.25) is 0 Å². The van der Waals surface area contributed by atoms with E-state index in [0.717, 1.165) is 6.54 Å². The molecule has 2 aromatic carbocycles. The molecule has 0 aliphatic heterocycles. The lowest BCUT2D eigenvalue weighted by atomic mass is 10.1. The smallest absolute Gasteiger partial charge is 0.0221 e. The van der Waals surface area contributed by atoms with E-state index in [9.17, 15) is 0 Å². The van der Waals surface area contributed by atoms with E-state index < -0.39 is 0 Å². The lowest BCUT2D eigenvalue weighted by Gasteiger charge is -2.22. The molecule has 0 bridgehead atoms. The predicted octanol–water partition coefficient (Wildman–Crippen LogP) is 5.34. The Morgan fingerprint density at radius 3 is 2.33 bits per heavy atom. The second-order valence-electron chi connectivity index (χ2n) is 6.63. The number of nitrogens with one attached hydrogen (secondary N) is 1. The molecule has 1 N–H and O–H groups in total. The highest BCUT2D eigenvalue weighted by molar-refractivity contribution is 7.99. The molecule has 0 aliphatic rings. The third kappa shape index (κ3) is 5.22. The molecule has 1 nitrogen and oxygen atoms in total. The molecular weight excluding hydrogens is 274 g/mol. The summed E-state index contributed by atoms with van der Waals surface area (Å²) in [6.07, 6.45) is 0. The zero-order valence-electron chi connectivity index (χ0n) is 13.7. The predicted molar refractivity (Wildman–Crippen MR) is 93.1 cm³/mol. The summed E-state index contributed by atoms with van der Waals surface area (Å²) >= 11 is 1.85. The average molecular weight is 299 g/mol. The first kappa shape index (κ1) is 16.1. The summed E-state index contributed by atoms with van der Waals surface area (Å²) in [5, 5.41) is 3.59. The van der Waals surface area contributed by atoms with Gasteiger partial charge in [-0.05, 0) is 58.4 Å². The molecule has 0 unspecified atom stereocenters. The van der Waals surface area contributed by atoms with Gasteiger partial charge < -0.3 is 5.32 Å². The van der Waals surface area contributed by atoms with Crippen molar-refractivity contribution in [1.82, 2.24) is 5.32 Å². The van der Waals surface area contributed by atoms with Gasteiger partial charge in [0, 0.05) is 21.9 Å². The first-order valence-electron chi connectivity index (χ1n) is 7.42. The molecule has 0 atom stereocenters. The molecule has 0 aromatic heterocycles.